The van der Waals surface area contributed by atoms with Crippen LogP contribution in [-0.4, -0.2) is 53.8 Å². The lowest BCUT2D eigenvalue weighted by Crippen LogP contribution is -2.58. The number of Topliss-reactive ketones (excluding diaryl/α,β-unsaturated/α-hetero) is 1. The molecule has 1 fully saturated rings. The maximum atomic E-state index is 13.7. The Hall–Kier alpha value is -4.73. The number of amides is 4. The number of hydrogen-bond acceptors (Lipinski definition) is 6. The summed E-state index contributed by atoms with van der Waals surface area (Å²) in [6, 6.07) is 19.8. The second kappa shape index (κ2) is 16.7. The van der Waals surface area contributed by atoms with Crippen molar-refractivity contribution in [1.82, 2.24) is 21.3 Å². The predicted molar refractivity (Wildman–Crippen MR) is 180 cm³/mol. The van der Waals surface area contributed by atoms with Crippen LogP contribution in [0.25, 0.3) is 10.8 Å². The molecule has 0 spiro atoms. The van der Waals surface area contributed by atoms with E-state index in [1.807, 2.05) is 93.6 Å². The molecule has 3 aromatic rings. The van der Waals surface area contributed by atoms with Gasteiger partial charge in [0.25, 0.3) is 5.91 Å². The van der Waals surface area contributed by atoms with Crippen LogP contribution in [0.2, 0.25) is 0 Å². The van der Waals surface area contributed by atoms with E-state index >= 15 is 0 Å². The van der Waals surface area contributed by atoms with Gasteiger partial charge >= 0.3 is 6.09 Å². The van der Waals surface area contributed by atoms with Gasteiger partial charge in [0.15, 0.2) is 0 Å². The molecule has 0 aliphatic heterocycles. The van der Waals surface area contributed by atoms with Crippen molar-refractivity contribution in [3.05, 3.63) is 83.9 Å². The van der Waals surface area contributed by atoms with Gasteiger partial charge in [0, 0.05) is 12.5 Å². The first-order valence-electron chi connectivity index (χ1n) is 16.4. The van der Waals surface area contributed by atoms with Crippen LogP contribution in [0.3, 0.4) is 0 Å². The van der Waals surface area contributed by atoms with Crippen molar-refractivity contribution in [2.45, 2.75) is 90.6 Å². The number of ketones is 1. The van der Waals surface area contributed by atoms with E-state index in [4.69, 9.17) is 4.74 Å². The highest BCUT2D eigenvalue weighted by Crippen LogP contribution is 2.20. The van der Waals surface area contributed by atoms with E-state index in [1.54, 1.807) is 6.92 Å². The van der Waals surface area contributed by atoms with Crippen molar-refractivity contribution in [3.8, 4) is 0 Å². The quantitative estimate of drug-likeness (QED) is 0.169. The fraction of sp³-hybridized carbons (Fsp3) is 0.432. The summed E-state index contributed by atoms with van der Waals surface area (Å²) >= 11 is 0. The molecule has 1 unspecified atom stereocenters. The van der Waals surface area contributed by atoms with Crippen LogP contribution in [-0.2, 0) is 36.9 Å². The molecule has 1 aliphatic rings. The van der Waals surface area contributed by atoms with Gasteiger partial charge in [0.2, 0.25) is 17.6 Å². The van der Waals surface area contributed by atoms with E-state index in [-0.39, 0.29) is 37.3 Å². The van der Waals surface area contributed by atoms with Crippen LogP contribution >= 0.6 is 0 Å². The molecule has 4 amide bonds. The van der Waals surface area contributed by atoms with Gasteiger partial charge < -0.3 is 26.0 Å². The molecular weight excluding hydrogens is 596 g/mol. The lowest BCUT2D eigenvalue weighted by Gasteiger charge is -2.27. The lowest BCUT2D eigenvalue weighted by atomic mass is 9.93. The fourth-order valence-corrected chi connectivity index (χ4v) is 5.28. The smallest absolute Gasteiger partial charge is 0.408 e. The van der Waals surface area contributed by atoms with Gasteiger partial charge in [-0.15, -0.1) is 0 Å². The first-order valence-corrected chi connectivity index (χ1v) is 16.4. The summed E-state index contributed by atoms with van der Waals surface area (Å²) in [6.07, 6.45) is 1.94. The van der Waals surface area contributed by atoms with E-state index in [9.17, 15) is 24.0 Å². The molecule has 4 rings (SSSR count). The summed E-state index contributed by atoms with van der Waals surface area (Å²) in [6.45, 7) is 7.47. The molecule has 4 N–H and O–H groups in total. The van der Waals surface area contributed by atoms with E-state index < -0.39 is 47.7 Å². The molecule has 10 nitrogen and oxygen atoms in total. The second-order valence-corrected chi connectivity index (χ2v) is 12.8. The number of benzene rings is 3. The Labute approximate surface area is 276 Å². The second-order valence-electron chi connectivity index (χ2n) is 12.8. The zero-order valence-electron chi connectivity index (χ0n) is 27.6. The van der Waals surface area contributed by atoms with Crippen molar-refractivity contribution < 1.29 is 28.7 Å². The number of alkyl carbamates (subject to hydrolysis) is 1. The van der Waals surface area contributed by atoms with Crippen LogP contribution < -0.4 is 21.3 Å². The number of carbonyl (C=O) groups is 5. The number of ether oxygens (including phenoxy) is 1. The highest BCUT2D eigenvalue weighted by atomic mass is 16.5. The summed E-state index contributed by atoms with van der Waals surface area (Å²) in [7, 11) is 0. The van der Waals surface area contributed by atoms with E-state index in [0.717, 1.165) is 34.7 Å². The van der Waals surface area contributed by atoms with Gasteiger partial charge in [-0.2, -0.15) is 0 Å². The van der Waals surface area contributed by atoms with E-state index in [1.165, 1.54) is 0 Å². The molecule has 47 heavy (non-hydrogen) atoms. The summed E-state index contributed by atoms with van der Waals surface area (Å²) in [4.78, 5) is 66.5. The number of rotatable bonds is 16. The third kappa shape index (κ3) is 10.7. The monoisotopic (exact) mass is 642 g/mol. The van der Waals surface area contributed by atoms with Crippen LogP contribution in [0.1, 0.15) is 64.5 Å². The van der Waals surface area contributed by atoms with Crippen molar-refractivity contribution in [2.24, 2.45) is 11.8 Å². The number of fused-ring (bicyclic) bond motifs is 1. The molecule has 1 saturated carbocycles. The Morgan fingerprint density at radius 1 is 0.766 bits per heavy atom. The minimum absolute atomic E-state index is 0.0297. The highest BCUT2D eigenvalue weighted by molar-refractivity contribution is 6.39. The Morgan fingerprint density at radius 2 is 1.45 bits per heavy atom. The molecule has 4 atom stereocenters. The van der Waals surface area contributed by atoms with Gasteiger partial charge in [0.05, 0.1) is 6.04 Å². The molecule has 1 aliphatic carbocycles. The molecular formula is C37H46N4O6. The summed E-state index contributed by atoms with van der Waals surface area (Å²) in [5.41, 5.74) is 1.63. The van der Waals surface area contributed by atoms with Crippen molar-refractivity contribution >= 4 is 40.4 Å². The molecule has 0 saturated heterocycles. The predicted octanol–water partition coefficient (Wildman–Crippen LogP) is 4.59. The molecule has 10 heteroatoms. The molecule has 250 valence electrons. The Kier molecular flexibility index (Phi) is 12.5. The van der Waals surface area contributed by atoms with Crippen LogP contribution in [0, 0.1) is 11.8 Å². The zero-order valence-corrected chi connectivity index (χ0v) is 27.6. The largest absolute Gasteiger partial charge is 0.445 e. The number of carbonyl (C=O) groups excluding carboxylic acids is 5. The molecule has 0 heterocycles. The minimum atomic E-state index is -1.17. The Balaban J connectivity index is 1.45. The Morgan fingerprint density at radius 3 is 2.11 bits per heavy atom. The lowest BCUT2D eigenvalue weighted by molar-refractivity contribution is -0.142. The van der Waals surface area contributed by atoms with Crippen molar-refractivity contribution in [2.75, 3.05) is 0 Å². The fourth-order valence-electron chi connectivity index (χ4n) is 5.28. The normalized spacial score (nSPS) is 15.2. The third-order valence-electron chi connectivity index (χ3n) is 8.34. The van der Waals surface area contributed by atoms with Gasteiger partial charge in [-0.1, -0.05) is 107 Å². The maximum absolute atomic E-state index is 13.7. The average Bonchev–Trinajstić information content (AvgIpc) is 3.89. The van der Waals surface area contributed by atoms with Gasteiger partial charge in [-0.25, -0.2) is 4.79 Å². The van der Waals surface area contributed by atoms with Crippen molar-refractivity contribution in [1.29, 1.82) is 0 Å². The average molecular weight is 643 g/mol. The van der Waals surface area contributed by atoms with Crippen LogP contribution in [0.5, 0.6) is 0 Å². The molecule has 0 radical (unpaired) electrons. The summed E-state index contributed by atoms with van der Waals surface area (Å²) < 4.78 is 5.32. The number of nitrogens with one attached hydrogen (secondary N) is 4. The topological polar surface area (TPSA) is 143 Å². The van der Waals surface area contributed by atoms with Gasteiger partial charge in [-0.05, 0) is 53.0 Å². The first kappa shape index (κ1) is 35.1. The summed E-state index contributed by atoms with van der Waals surface area (Å²) in [5.74, 6) is -3.14. The number of hydrogen-bond donors (Lipinski definition) is 4. The summed E-state index contributed by atoms with van der Waals surface area (Å²) in [5, 5.41) is 13.0. The van der Waals surface area contributed by atoms with Gasteiger partial charge in [0.1, 0.15) is 18.7 Å². The Bertz CT molecular complexity index is 1550. The van der Waals surface area contributed by atoms with E-state index in [2.05, 4.69) is 21.3 Å². The standard InChI is InChI=1S/C37H46N4O6/c1-5-24(4)32(41-35(44)30(19-23(2)3)40-37(46)47-22-25-11-7-6-8-12-25)33(42)36(45)39-31(34(43)38-29-17-18-29)21-26-15-16-27-13-9-10-14-28(27)20-26/h6-16,20,23-24,29-32H,5,17-19,21-22H2,1-4H3,(H,38,43)(H,39,45)(H,40,46)(H,41,44)/t24-,30-,31-,32?/m0/s1. The molecule has 0 bridgehead atoms. The SMILES string of the molecule is CC[C@H](C)C(NC(=O)[C@H](CC(C)C)NC(=O)OCc1ccccc1)C(=O)C(=O)N[C@@H](Cc1ccc2ccccc2c1)C(=O)NC1CC1. The van der Waals surface area contributed by atoms with E-state index in [0.29, 0.717) is 6.42 Å². The molecule has 3 aromatic carbocycles. The van der Waals surface area contributed by atoms with Crippen molar-refractivity contribution in [3.63, 3.8) is 0 Å². The zero-order chi connectivity index (χ0) is 33.9. The third-order valence-corrected chi connectivity index (χ3v) is 8.34. The maximum Gasteiger partial charge on any atom is 0.408 e. The minimum Gasteiger partial charge on any atom is -0.445 e. The van der Waals surface area contributed by atoms with Gasteiger partial charge in [-0.3, -0.25) is 19.2 Å². The highest BCUT2D eigenvalue weighted by Gasteiger charge is 2.36. The molecule has 0 aromatic heterocycles. The first-order chi connectivity index (χ1) is 22.5. The van der Waals surface area contributed by atoms with Crippen LogP contribution in [0.4, 0.5) is 4.79 Å². The van der Waals surface area contributed by atoms with Crippen LogP contribution in [0.15, 0.2) is 72.8 Å².